The van der Waals surface area contributed by atoms with E-state index < -0.39 is 6.67 Å². The van der Waals surface area contributed by atoms with Crippen LogP contribution in [-0.2, 0) is 0 Å². The maximum absolute atomic E-state index is 12.6. The average Bonchev–Trinajstić information content (AvgIpc) is 2.46. The van der Waals surface area contributed by atoms with E-state index in [1.807, 2.05) is 6.07 Å². The lowest BCUT2D eigenvalue weighted by Gasteiger charge is -2.22. The Kier molecular flexibility index (Phi) is 3.82. The molecule has 0 N–H and O–H groups in total. The van der Waals surface area contributed by atoms with E-state index in [1.165, 1.54) is 6.33 Å². The summed E-state index contributed by atoms with van der Waals surface area (Å²) in [5.74, 6) is 0. The molecule has 2 aromatic rings. The SMILES string of the molecule is N#Cc1ccc(N(CCF)c2cncnc2)cc1. The van der Waals surface area contributed by atoms with E-state index in [9.17, 15) is 4.39 Å². The number of anilines is 2. The summed E-state index contributed by atoms with van der Waals surface area (Å²) in [7, 11) is 0. The normalized spacial score (nSPS) is 9.78. The largest absolute Gasteiger partial charge is 0.336 e. The van der Waals surface area contributed by atoms with Crippen molar-refractivity contribution in [1.82, 2.24) is 9.97 Å². The van der Waals surface area contributed by atoms with Crippen LogP contribution in [-0.4, -0.2) is 23.2 Å². The molecule has 4 nitrogen and oxygen atoms in total. The molecule has 0 aliphatic heterocycles. The van der Waals surface area contributed by atoms with Crippen LogP contribution < -0.4 is 4.90 Å². The number of alkyl halides is 1. The second-order valence-corrected chi connectivity index (χ2v) is 3.60. The smallest absolute Gasteiger partial charge is 0.115 e. The fourth-order valence-corrected chi connectivity index (χ4v) is 1.64. The number of hydrogen-bond acceptors (Lipinski definition) is 4. The lowest BCUT2D eigenvalue weighted by molar-refractivity contribution is 0.501. The number of hydrogen-bond donors (Lipinski definition) is 0. The minimum Gasteiger partial charge on any atom is -0.336 e. The van der Waals surface area contributed by atoms with Crippen LogP contribution in [0.15, 0.2) is 43.0 Å². The van der Waals surface area contributed by atoms with Gasteiger partial charge in [0.05, 0.1) is 36.3 Å². The van der Waals surface area contributed by atoms with Crippen LogP contribution in [0.4, 0.5) is 15.8 Å². The van der Waals surface area contributed by atoms with E-state index in [-0.39, 0.29) is 6.54 Å². The van der Waals surface area contributed by atoms with E-state index in [4.69, 9.17) is 5.26 Å². The Morgan fingerprint density at radius 2 is 1.78 bits per heavy atom. The molecular formula is C13H11FN4. The molecule has 0 aliphatic rings. The van der Waals surface area contributed by atoms with Gasteiger partial charge in [-0.1, -0.05) is 0 Å². The first-order chi connectivity index (χ1) is 8.85. The standard InChI is InChI=1S/C13H11FN4/c14-5-6-18(13-8-16-10-17-9-13)12-3-1-11(7-15)2-4-12/h1-4,8-10H,5-6H2. The Bertz CT molecular complexity index is 533. The maximum atomic E-state index is 12.6. The highest BCUT2D eigenvalue weighted by Gasteiger charge is 2.09. The molecule has 90 valence electrons. The molecule has 0 unspecified atom stereocenters. The van der Waals surface area contributed by atoms with Gasteiger partial charge in [-0.15, -0.1) is 0 Å². The van der Waals surface area contributed by atoms with Crippen LogP contribution in [0.1, 0.15) is 5.56 Å². The monoisotopic (exact) mass is 242 g/mol. The van der Waals surface area contributed by atoms with Gasteiger partial charge in [-0.25, -0.2) is 14.4 Å². The second kappa shape index (κ2) is 5.73. The van der Waals surface area contributed by atoms with Gasteiger partial charge in [0.15, 0.2) is 0 Å². The van der Waals surface area contributed by atoms with E-state index in [2.05, 4.69) is 9.97 Å². The molecule has 0 bridgehead atoms. The predicted octanol–water partition coefficient (Wildman–Crippen LogP) is 2.46. The molecule has 0 spiro atoms. The average molecular weight is 242 g/mol. The number of benzene rings is 1. The van der Waals surface area contributed by atoms with Gasteiger partial charge in [-0.05, 0) is 24.3 Å². The summed E-state index contributed by atoms with van der Waals surface area (Å²) in [6.45, 7) is -0.256. The van der Waals surface area contributed by atoms with Crippen LogP contribution in [0.25, 0.3) is 0 Å². The van der Waals surface area contributed by atoms with Gasteiger partial charge >= 0.3 is 0 Å². The van der Waals surface area contributed by atoms with E-state index in [0.717, 1.165) is 11.4 Å². The molecule has 0 saturated heterocycles. The Morgan fingerprint density at radius 3 is 2.33 bits per heavy atom. The van der Waals surface area contributed by atoms with E-state index in [1.54, 1.807) is 41.6 Å². The van der Waals surface area contributed by atoms with Crippen molar-refractivity contribution < 1.29 is 4.39 Å². The third kappa shape index (κ3) is 2.61. The first-order valence-corrected chi connectivity index (χ1v) is 5.44. The van der Waals surface area contributed by atoms with Gasteiger partial charge < -0.3 is 4.90 Å². The maximum Gasteiger partial charge on any atom is 0.115 e. The van der Waals surface area contributed by atoms with Gasteiger partial charge in [0.25, 0.3) is 0 Å². The van der Waals surface area contributed by atoms with Crippen molar-refractivity contribution in [2.45, 2.75) is 0 Å². The highest BCUT2D eigenvalue weighted by atomic mass is 19.1. The van der Waals surface area contributed by atoms with Crippen molar-refractivity contribution in [2.24, 2.45) is 0 Å². The van der Waals surface area contributed by atoms with Gasteiger partial charge in [-0.2, -0.15) is 5.26 Å². The van der Waals surface area contributed by atoms with Gasteiger partial charge in [0, 0.05) is 5.69 Å². The third-order valence-electron chi connectivity index (χ3n) is 2.47. The minimum atomic E-state index is -0.477. The number of rotatable bonds is 4. The van der Waals surface area contributed by atoms with Crippen molar-refractivity contribution in [3.63, 3.8) is 0 Å². The number of nitriles is 1. The Hall–Kier alpha value is -2.48. The molecule has 0 aliphatic carbocycles. The summed E-state index contributed by atoms with van der Waals surface area (Å²) < 4.78 is 12.6. The molecule has 0 fully saturated rings. The van der Waals surface area contributed by atoms with Gasteiger partial charge in [-0.3, -0.25) is 0 Å². The Labute approximate surface area is 104 Å². The van der Waals surface area contributed by atoms with Gasteiger partial charge in [0.1, 0.15) is 13.0 Å². The van der Waals surface area contributed by atoms with Crippen LogP contribution >= 0.6 is 0 Å². The van der Waals surface area contributed by atoms with Crippen molar-refractivity contribution in [1.29, 1.82) is 5.26 Å². The Morgan fingerprint density at radius 1 is 1.11 bits per heavy atom. The third-order valence-corrected chi connectivity index (χ3v) is 2.47. The molecule has 5 heteroatoms. The second-order valence-electron chi connectivity index (χ2n) is 3.60. The quantitative estimate of drug-likeness (QED) is 0.826. The molecule has 2 rings (SSSR count). The molecule has 0 atom stereocenters. The van der Waals surface area contributed by atoms with Crippen molar-refractivity contribution in [3.8, 4) is 6.07 Å². The summed E-state index contributed by atoms with van der Waals surface area (Å²) in [4.78, 5) is 9.60. The predicted molar refractivity (Wildman–Crippen MR) is 66.2 cm³/mol. The first kappa shape index (κ1) is 12.0. The molecule has 0 amide bonds. The number of aromatic nitrogens is 2. The van der Waals surface area contributed by atoms with Crippen LogP contribution in [0, 0.1) is 11.3 Å². The summed E-state index contributed by atoms with van der Waals surface area (Å²) in [6, 6.07) is 9.00. The van der Waals surface area contributed by atoms with Crippen molar-refractivity contribution in [2.75, 3.05) is 18.1 Å². The van der Waals surface area contributed by atoms with Gasteiger partial charge in [0.2, 0.25) is 0 Å². The molecule has 0 radical (unpaired) electrons. The topological polar surface area (TPSA) is 52.8 Å². The molecular weight excluding hydrogens is 231 g/mol. The lowest BCUT2D eigenvalue weighted by Crippen LogP contribution is -2.20. The zero-order chi connectivity index (χ0) is 12.8. The van der Waals surface area contributed by atoms with E-state index >= 15 is 0 Å². The zero-order valence-corrected chi connectivity index (χ0v) is 9.62. The van der Waals surface area contributed by atoms with E-state index in [0.29, 0.717) is 5.56 Å². The number of nitrogens with zero attached hydrogens (tertiary/aromatic N) is 4. The van der Waals surface area contributed by atoms with Crippen LogP contribution in [0.2, 0.25) is 0 Å². The zero-order valence-electron chi connectivity index (χ0n) is 9.62. The summed E-state index contributed by atoms with van der Waals surface area (Å²) >= 11 is 0. The van der Waals surface area contributed by atoms with Crippen molar-refractivity contribution in [3.05, 3.63) is 48.5 Å². The highest BCUT2D eigenvalue weighted by Crippen LogP contribution is 2.23. The first-order valence-electron chi connectivity index (χ1n) is 5.44. The lowest BCUT2D eigenvalue weighted by atomic mass is 10.2. The Balaban J connectivity index is 2.33. The fraction of sp³-hybridized carbons (Fsp3) is 0.154. The molecule has 1 aromatic heterocycles. The summed E-state index contributed by atoms with van der Waals surface area (Å²) in [5, 5.41) is 8.74. The summed E-state index contributed by atoms with van der Waals surface area (Å²) in [5.41, 5.74) is 2.10. The molecule has 0 saturated carbocycles. The molecule has 1 heterocycles. The van der Waals surface area contributed by atoms with Crippen LogP contribution in [0.3, 0.4) is 0 Å². The molecule has 18 heavy (non-hydrogen) atoms. The van der Waals surface area contributed by atoms with Crippen LogP contribution in [0.5, 0.6) is 0 Å². The highest BCUT2D eigenvalue weighted by molar-refractivity contribution is 5.62. The minimum absolute atomic E-state index is 0.222. The number of halogens is 1. The summed E-state index contributed by atoms with van der Waals surface area (Å²) in [6.07, 6.45) is 4.68. The van der Waals surface area contributed by atoms with Crippen molar-refractivity contribution >= 4 is 11.4 Å². The fourth-order valence-electron chi connectivity index (χ4n) is 1.64. The molecule has 1 aromatic carbocycles.